The van der Waals surface area contributed by atoms with Gasteiger partial charge >= 0.3 is 0 Å². The first kappa shape index (κ1) is 15.6. The largest absolute Gasteiger partial charge is 0.385 e. The fourth-order valence-electron chi connectivity index (χ4n) is 1.79. The molecule has 0 saturated heterocycles. The maximum Gasteiger partial charge on any atom is 0.239 e. The molecule has 1 aromatic carbocycles. The van der Waals surface area contributed by atoms with Crippen molar-refractivity contribution in [2.75, 3.05) is 20.8 Å². The van der Waals surface area contributed by atoms with Crippen LogP contribution >= 0.6 is 0 Å². The van der Waals surface area contributed by atoms with E-state index in [1.54, 1.807) is 31.2 Å². The van der Waals surface area contributed by atoms with Crippen molar-refractivity contribution in [2.45, 2.75) is 25.4 Å². The number of halogens is 1. The molecule has 5 heteroatoms. The SMILES string of the molecule is COCCC(N)C(=O)N(C)C(C)c1ccc(F)cc1. The molecule has 0 aliphatic carbocycles. The van der Waals surface area contributed by atoms with Gasteiger partial charge in [0, 0.05) is 20.8 Å². The first-order valence-corrected chi connectivity index (χ1v) is 6.24. The summed E-state index contributed by atoms with van der Waals surface area (Å²) in [5.41, 5.74) is 6.68. The van der Waals surface area contributed by atoms with Gasteiger partial charge in [-0.2, -0.15) is 0 Å². The van der Waals surface area contributed by atoms with Gasteiger partial charge < -0.3 is 15.4 Å². The Morgan fingerprint density at radius 3 is 2.53 bits per heavy atom. The van der Waals surface area contributed by atoms with E-state index in [1.807, 2.05) is 6.92 Å². The second-order valence-corrected chi connectivity index (χ2v) is 4.56. The molecule has 0 saturated carbocycles. The second-order valence-electron chi connectivity index (χ2n) is 4.56. The summed E-state index contributed by atoms with van der Waals surface area (Å²) < 4.78 is 17.8. The Morgan fingerprint density at radius 1 is 1.42 bits per heavy atom. The van der Waals surface area contributed by atoms with Crippen molar-refractivity contribution in [2.24, 2.45) is 5.73 Å². The zero-order valence-corrected chi connectivity index (χ0v) is 11.6. The van der Waals surface area contributed by atoms with Crippen molar-refractivity contribution >= 4 is 5.91 Å². The van der Waals surface area contributed by atoms with Crippen LogP contribution < -0.4 is 5.73 Å². The highest BCUT2D eigenvalue weighted by molar-refractivity contribution is 5.81. The molecule has 0 aliphatic heterocycles. The summed E-state index contributed by atoms with van der Waals surface area (Å²) in [7, 11) is 3.27. The van der Waals surface area contributed by atoms with Crippen LogP contribution in [0.25, 0.3) is 0 Å². The first-order chi connectivity index (χ1) is 8.97. The molecule has 2 N–H and O–H groups in total. The molecule has 19 heavy (non-hydrogen) atoms. The van der Waals surface area contributed by atoms with E-state index < -0.39 is 6.04 Å². The monoisotopic (exact) mass is 268 g/mol. The summed E-state index contributed by atoms with van der Waals surface area (Å²) in [5, 5.41) is 0. The Labute approximate surface area is 113 Å². The maximum atomic E-state index is 12.9. The van der Waals surface area contributed by atoms with Gasteiger partial charge in [-0.05, 0) is 31.0 Å². The lowest BCUT2D eigenvalue weighted by Gasteiger charge is -2.28. The molecule has 0 aliphatic rings. The van der Waals surface area contributed by atoms with Gasteiger partial charge in [-0.25, -0.2) is 4.39 Å². The fraction of sp³-hybridized carbons (Fsp3) is 0.500. The molecule has 0 aromatic heterocycles. The van der Waals surface area contributed by atoms with Crippen molar-refractivity contribution in [1.82, 2.24) is 4.90 Å². The van der Waals surface area contributed by atoms with Crippen molar-refractivity contribution in [1.29, 1.82) is 0 Å². The van der Waals surface area contributed by atoms with E-state index in [9.17, 15) is 9.18 Å². The van der Waals surface area contributed by atoms with Gasteiger partial charge in [0.2, 0.25) is 5.91 Å². The van der Waals surface area contributed by atoms with E-state index >= 15 is 0 Å². The third kappa shape index (κ3) is 4.29. The maximum absolute atomic E-state index is 12.9. The van der Waals surface area contributed by atoms with Crippen LogP contribution in [0, 0.1) is 5.82 Å². The lowest BCUT2D eigenvalue weighted by Crippen LogP contribution is -2.43. The zero-order chi connectivity index (χ0) is 14.4. The number of carbonyl (C=O) groups is 1. The Balaban J connectivity index is 2.67. The number of carbonyl (C=O) groups excluding carboxylic acids is 1. The number of nitrogens with zero attached hydrogens (tertiary/aromatic N) is 1. The van der Waals surface area contributed by atoms with Gasteiger partial charge in [0.15, 0.2) is 0 Å². The van der Waals surface area contributed by atoms with Gasteiger partial charge in [-0.1, -0.05) is 12.1 Å². The van der Waals surface area contributed by atoms with E-state index in [2.05, 4.69) is 0 Å². The smallest absolute Gasteiger partial charge is 0.239 e. The molecule has 2 atom stereocenters. The van der Waals surface area contributed by atoms with Gasteiger partial charge in [0.25, 0.3) is 0 Å². The summed E-state index contributed by atoms with van der Waals surface area (Å²) in [6.45, 7) is 2.33. The molecule has 2 unspecified atom stereocenters. The second kappa shape index (κ2) is 7.21. The third-order valence-corrected chi connectivity index (χ3v) is 3.23. The number of nitrogens with two attached hydrogens (primary N) is 1. The summed E-state index contributed by atoms with van der Waals surface area (Å²) >= 11 is 0. The number of benzene rings is 1. The van der Waals surface area contributed by atoms with Crippen LogP contribution in [0.1, 0.15) is 24.9 Å². The van der Waals surface area contributed by atoms with E-state index in [0.29, 0.717) is 13.0 Å². The molecule has 0 radical (unpaired) electrons. The normalized spacial score (nSPS) is 13.9. The highest BCUT2D eigenvalue weighted by Gasteiger charge is 2.22. The number of amides is 1. The average Bonchev–Trinajstić information content (AvgIpc) is 2.43. The van der Waals surface area contributed by atoms with Crippen molar-refractivity contribution in [3.05, 3.63) is 35.6 Å². The lowest BCUT2D eigenvalue weighted by molar-refractivity contribution is -0.133. The molecule has 0 spiro atoms. The molecule has 0 heterocycles. The van der Waals surface area contributed by atoms with E-state index in [4.69, 9.17) is 10.5 Å². The Bertz CT molecular complexity index is 408. The quantitative estimate of drug-likeness (QED) is 0.854. The minimum Gasteiger partial charge on any atom is -0.385 e. The molecule has 0 fully saturated rings. The average molecular weight is 268 g/mol. The van der Waals surface area contributed by atoms with Crippen molar-refractivity contribution in [3.63, 3.8) is 0 Å². The molecule has 1 aromatic rings. The van der Waals surface area contributed by atoms with E-state index in [1.165, 1.54) is 12.1 Å². The highest BCUT2D eigenvalue weighted by atomic mass is 19.1. The first-order valence-electron chi connectivity index (χ1n) is 6.24. The lowest BCUT2D eigenvalue weighted by atomic mass is 10.1. The molecule has 4 nitrogen and oxygen atoms in total. The van der Waals surface area contributed by atoms with Crippen LogP contribution in [0.5, 0.6) is 0 Å². The summed E-state index contributed by atoms with van der Waals surface area (Å²) in [4.78, 5) is 13.7. The van der Waals surface area contributed by atoms with E-state index in [0.717, 1.165) is 5.56 Å². The van der Waals surface area contributed by atoms with Crippen LogP contribution in [0.4, 0.5) is 4.39 Å². The van der Waals surface area contributed by atoms with Crippen LogP contribution in [-0.4, -0.2) is 37.6 Å². The van der Waals surface area contributed by atoms with Crippen LogP contribution in [0.3, 0.4) is 0 Å². The number of methoxy groups -OCH3 is 1. The summed E-state index contributed by atoms with van der Waals surface area (Å²) in [5.74, 6) is -0.435. The van der Waals surface area contributed by atoms with Gasteiger partial charge in [-0.15, -0.1) is 0 Å². The number of rotatable bonds is 6. The van der Waals surface area contributed by atoms with Gasteiger partial charge in [0.05, 0.1) is 12.1 Å². The zero-order valence-electron chi connectivity index (χ0n) is 11.6. The number of likely N-dealkylation sites (N-methyl/N-ethyl adjacent to an activating group) is 1. The van der Waals surface area contributed by atoms with Gasteiger partial charge in [0.1, 0.15) is 5.82 Å². The molecule has 106 valence electrons. The molecular weight excluding hydrogens is 247 g/mol. The Hall–Kier alpha value is -1.46. The molecule has 1 amide bonds. The fourth-order valence-corrected chi connectivity index (χ4v) is 1.79. The van der Waals surface area contributed by atoms with E-state index in [-0.39, 0.29) is 17.8 Å². The minimum absolute atomic E-state index is 0.145. The summed E-state index contributed by atoms with van der Waals surface area (Å²) in [6.07, 6.45) is 0.482. The number of ether oxygens (including phenoxy) is 1. The molecule has 1 rings (SSSR count). The third-order valence-electron chi connectivity index (χ3n) is 3.23. The van der Waals surface area contributed by atoms with Crippen molar-refractivity contribution < 1.29 is 13.9 Å². The van der Waals surface area contributed by atoms with Crippen LogP contribution in [0.15, 0.2) is 24.3 Å². The Kier molecular flexibility index (Phi) is 5.92. The number of hydrogen-bond acceptors (Lipinski definition) is 3. The standard InChI is InChI=1S/C14H21FN2O2/c1-10(11-4-6-12(15)7-5-11)17(2)14(18)13(16)8-9-19-3/h4-7,10,13H,8-9,16H2,1-3H3. The van der Waals surface area contributed by atoms with Crippen molar-refractivity contribution in [3.8, 4) is 0 Å². The highest BCUT2D eigenvalue weighted by Crippen LogP contribution is 2.19. The molecular formula is C14H21FN2O2. The van der Waals surface area contributed by atoms with Crippen LogP contribution in [0.2, 0.25) is 0 Å². The van der Waals surface area contributed by atoms with Gasteiger partial charge in [-0.3, -0.25) is 4.79 Å². The predicted octanol–water partition coefficient (Wildman–Crippen LogP) is 1.71. The summed E-state index contributed by atoms with van der Waals surface area (Å²) in [6, 6.07) is 5.38. The Morgan fingerprint density at radius 2 is 2.00 bits per heavy atom. The van der Waals surface area contributed by atoms with Crippen LogP contribution in [-0.2, 0) is 9.53 Å². The topological polar surface area (TPSA) is 55.6 Å². The molecule has 0 bridgehead atoms. The minimum atomic E-state index is -0.576. The number of hydrogen-bond donors (Lipinski definition) is 1. The predicted molar refractivity (Wildman–Crippen MR) is 72.1 cm³/mol.